The number of carbonyl (C=O) groups excluding carboxylic acids is 3. The van der Waals surface area contributed by atoms with Crippen molar-refractivity contribution >= 4 is 23.4 Å². The van der Waals surface area contributed by atoms with Gasteiger partial charge in [0, 0.05) is 37.4 Å². The summed E-state index contributed by atoms with van der Waals surface area (Å²) in [7, 11) is 0. The molecule has 0 bridgehead atoms. The normalized spacial score (nSPS) is 14.2. The number of para-hydroxylation sites is 1. The van der Waals surface area contributed by atoms with E-state index in [9.17, 15) is 14.4 Å². The molecule has 31 heavy (non-hydrogen) atoms. The number of anilines is 1. The zero-order chi connectivity index (χ0) is 22.4. The molecule has 3 rings (SSSR count). The Labute approximate surface area is 182 Å². The van der Waals surface area contributed by atoms with Crippen LogP contribution in [0.2, 0.25) is 0 Å². The van der Waals surface area contributed by atoms with Gasteiger partial charge in [-0.25, -0.2) is 0 Å². The van der Waals surface area contributed by atoms with E-state index >= 15 is 0 Å². The quantitative estimate of drug-likeness (QED) is 0.702. The molecule has 3 N–H and O–H groups in total. The van der Waals surface area contributed by atoms with Crippen molar-refractivity contribution in [1.29, 1.82) is 0 Å². The SMILES string of the molecule is Cc1cccc(C)c1NC(=O)CN1CCN(C(=O)COc2ccc(C(N)=O)cc2)CC1. The van der Waals surface area contributed by atoms with Crippen molar-refractivity contribution in [2.45, 2.75) is 13.8 Å². The first-order chi connectivity index (χ1) is 14.8. The highest BCUT2D eigenvalue weighted by Gasteiger charge is 2.23. The van der Waals surface area contributed by atoms with E-state index in [0.717, 1.165) is 16.8 Å². The van der Waals surface area contributed by atoms with Crippen LogP contribution in [-0.2, 0) is 9.59 Å². The number of aryl methyl sites for hydroxylation is 2. The average Bonchev–Trinajstić information content (AvgIpc) is 2.75. The Morgan fingerprint density at radius 1 is 0.968 bits per heavy atom. The minimum atomic E-state index is -0.511. The van der Waals surface area contributed by atoms with Crippen LogP contribution in [-0.4, -0.2) is 66.9 Å². The minimum Gasteiger partial charge on any atom is -0.484 e. The van der Waals surface area contributed by atoms with Gasteiger partial charge in [0.2, 0.25) is 11.8 Å². The van der Waals surface area contributed by atoms with Gasteiger partial charge in [0.1, 0.15) is 5.75 Å². The summed E-state index contributed by atoms with van der Waals surface area (Å²) < 4.78 is 5.51. The molecule has 1 fully saturated rings. The largest absolute Gasteiger partial charge is 0.484 e. The van der Waals surface area contributed by atoms with Crippen molar-refractivity contribution in [2.24, 2.45) is 5.73 Å². The lowest BCUT2D eigenvalue weighted by molar-refractivity contribution is -0.135. The third-order valence-corrected chi connectivity index (χ3v) is 5.34. The Morgan fingerprint density at radius 2 is 1.58 bits per heavy atom. The molecule has 8 heteroatoms. The fourth-order valence-corrected chi connectivity index (χ4v) is 3.50. The molecule has 2 aromatic carbocycles. The second-order valence-corrected chi connectivity index (χ2v) is 7.65. The van der Waals surface area contributed by atoms with Gasteiger partial charge in [0.15, 0.2) is 6.61 Å². The van der Waals surface area contributed by atoms with Crippen LogP contribution >= 0.6 is 0 Å². The number of hydrogen-bond acceptors (Lipinski definition) is 5. The number of amides is 3. The molecular weight excluding hydrogens is 396 g/mol. The van der Waals surface area contributed by atoms with E-state index < -0.39 is 5.91 Å². The van der Waals surface area contributed by atoms with Gasteiger partial charge in [-0.05, 0) is 49.2 Å². The van der Waals surface area contributed by atoms with Crippen molar-refractivity contribution in [2.75, 3.05) is 44.6 Å². The molecule has 3 amide bonds. The molecule has 0 unspecified atom stereocenters. The van der Waals surface area contributed by atoms with Crippen LogP contribution in [0.25, 0.3) is 0 Å². The smallest absolute Gasteiger partial charge is 0.260 e. The van der Waals surface area contributed by atoms with Crippen LogP contribution < -0.4 is 15.8 Å². The number of rotatable bonds is 7. The van der Waals surface area contributed by atoms with Crippen LogP contribution in [0, 0.1) is 13.8 Å². The number of nitrogens with one attached hydrogen (secondary N) is 1. The van der Waals surface area contributed by atoms with Crippen LogP contribution in [0.5, 0.6) is 5.75 Å². The van der Waals surface area contributed by atoms with Gasteiger partial charge in [-0.2, -0.15) is 0 Å². The van der Waals surface area contributed by atoms with Gasteiger partial charge >= 0.3 is 0 Å². The van der Waals surface area contributed by atoms with E-state index in [0.29, 0.717) is 44.0 Å². The van der Waals surface area contributed by atoms with E-state index in [4.69, 9.17) is 10.5 Å². The number of piperazine rings is 1. The number of hydrogen-bond donors (Lipinski definition) is 2. The molecule has 1 heterocycles. The molecule has 164 valence electrons. The Morgan fingerprint density at radius 3 is 2.16 bits per heavy atom. The third-order valence-electron chi connectivity index (χ3n) is 5.34. The Bertz CT molecular complexity index is 930. The number of ether oxygens (including phenoxy) is 1. The number of nitrogens with two attached hydrogens (primary N) is 1. The lowest BCUT2D eigenvalue weighted by Crippen LogP contribution is -2.51. The monoisotopic (exact) mass is 424 g/mol. The van der Waals surface area contributed by atoms with E-state index in [-0.39, 0.29) is 18.4 Å². The van der Waals surface area contributed by atoms with Gasteiger partial charge in [0.05, 0.1) is 6.54 Å². The maximum atomic E-state index is 12.4. The maximum absolute atomic E-state index is 12.4. The molecular formula is C23H28N4O4. The van der Waals surface area contributed by atoms with Crippen LogP contribution in [0.4, 0.5) is 5.69 Å². The lowest BCUT2D eigenvalue weighted by atomic mass is 10.1. The number of primary amides is 1. The Balaban J connectivity index is 1.42. The highest BCUT2D eigenvalue weighted by atomic mass is 16.5. The molecule has 0 spiro atoms. The van der Waals surface area contributed by atoms with E-state index in [1.807, 2.05) is 36.9 Å². The van der Waals surface area contributed by atoms with Crippen molar-refractivity contribution in [3.63, 3.8) is 0 Å². The molecule has 1 saturated heterocycles. The molecule has 8 nitrogen and oxygen atoms in total. The first-order valence-corrected chi connectivity index (χ1v) is 10.2. The van der Waals surface area contributed by atoms with Crippen LogP contribution in [0.3, 0.4) is 0 Å². The first-order valence-electron chi connectivity index (χ1n) is 10.2. The minimum absolute atomic E-state index is 0.0556. The highest BCUT2D eigenvalue weighted by Crippen LogP contribution is 2.19. The summed E-state index contributed by atoms with van der Waals surface area (Å²) in [5.41, 5.74) is 8.53. The molecule has 0 aliphatic carbocycles. The van der Waals surface area contributed by atoms with E-state index in [1.165, 1.54) is 0 Å². The van der Waals surface area contributed by atoms with E-state index in [1.54, 1.807) is 29.2 Å². The van der Waals surface area contributed by atoms with Gasteiger partial charge < -0.3 is 20.7 Å². The maximum Gasteiger partial charge on any atom is 0.260 e. The first kappa shape index (κ1) is 22.3. The zero-order valence-corrected chi connectivity index (χ0v) is 17.9. The molecule has 0 aromatic heterocycles. The van der Waals surface area contributed by atoms with Gasteiger partial charge in [-0.1, -0.05) is 18.2 Å². The second-order valence-electron chi connectivity index (χ2n) is 7.65. The highest BCUT2D eigenvalue weighted by molar-refractivity contribution is 5.94. The summed E-state index contributed by atoms with van der Waals surface area (Å²) in [6, 6.07) is 12.3. The number of nitrogens with zero attached hydrogens (tertiary/aromatic N) is 2. The fraction of sp³-hybridized carbons (Fsp3) is 0.348. The van der Waals surface area contributed by atoms with Crippen molar-refractivity contribution in [3.05, 3.63) is 59.2 Å². The lowest BCUT2D eigenvalue weighted by Gasteiger charge is -2.34. The fourth-order valence-electron chi connectivity index (χ4n) is 3.50. The average molecular weight is 425 g/mol. The predicted octanol–water partition coefficient (Wildman–Crippen LogP) is 1.56. The summed E-state index contributed by atoms with van der Waals surface area (Å²) in [5.74, 6) is -0.179. The third kappa shape index (κ3) is 6.05. The van der Waals surface area contributed by atoms with E-state index in [2.05, 4.69) is 5.32 Å². The van der Waals surface area contributed by atoms with Gasteiger partial charge in [-0.15, -0.1) is 0 Å². The molecule has 2 aromatic rings. The van der Waals surface area contributed by atoms with Crippen molar-refractivity contribution in [1.82, 2.24) is 9.80 Å². The topological polar surface area (TPSA) is 105 Å². The molecule has 0 saturated carbocycles. The summed E-state index contributed by atoms with van der Waals surface area (Å²) in [4.78, 5) is 39.7. The number of carbonyl (C=O) groups is 3. The summed E-state index contributed by atoms with van der Waals surface area (Å²) in [6.07, 6.45) is 0. The molecule has 0 radical (unpaired) electrons. The number of benzene rings is 2. The van der Waals surface area contributed by atoms with Gasteiger partial charge in [0.25, 0.3) is 5.91 Å². The zero-order valence-electron chi connectivity index (χ0n) is 17.9. The van der Waals surface area contributed by atoms with Crippen molar-refractivity contribution < 1.29 is 19.1 Å². The predicted molar refractivity (Wildman–Crippen MR) is 118 cm³/mol. The van der Waals surface area contributed by atoms with Crippen molar-refractivity contribution in [3.8, 4) is 5.75 Å². The van der Waals surface area contributed by atoms with Crippen LogP contribution in [0.1, 0.15) is 21.5 Å². The Hall–Kier alpha value is -3.39. The molecule has 1 aliphatic rings. The molecule has 1 aliphatic heterocycles. The summed E-state index contributed by atoms with van der Waals surface area (Å²) in [6.45, 7) is 6.49. The Kier molecular flexibility index (Phi) is 7.25. The van der Waals surface area contributed by atoms with Gasteiger partial charge in [-0.3, -0.25) is 19.3 Å². The molecule has 0 atom stereocenters. The van der Waals surface area contributed by atoms with Crippen LogP contribution in [0.15, 0.2) is 42.5 Å². The summed E-state index contributed by atoms with van der Waals surface area (Å²) >= 11 is 0. The summed E-state index contributed by atoms with van der Waals surface area (Å²) in [5, 5.41) is 3.00. The standard InChI is InChI=1S/C23H28N4O4/c1-16-4-3-5-17(2)22(16)25-20(28)14-26-10-12-27(13-11-26)21(29)15-31-19-8-6-18(7-9-19)23(24)30/h3-9H,10-15H2,1-2H3,(H2,24,30)(H,25,28). The second kappa shape index (κ2) is 10.1.